The van der Waals surface area contributed by atoms with E-state index in [1.807, 2.05) is 0 Å². The van der Waals surface area contributed by atoms with Crippen molar-refractivity contribution in [3.05, 3.63) is 24.1 Å². The normalized spacial score (nSPS) is 21.2. The molecule has 1 aliphatic heterocycles. The highest BCUT2D eigenvalue weighted by molar-refractivity contribution is 5.99. The number of ether oxygens (including phenoxy) is 1. The van der Waals surface area contributed by atoms with E-state index >= 15 is 0 Å². The van der Waals surface area contributed by atoms with Gasteiger partial charge in [0.2, 0.25) is 5.91 Å². The third-order valence-electron chi connectivity index (χ3n) is 6.42. The first-order valence-corrected chi connectivity index (χ1v) is 11.5. The number of anilines is 1. The van der Waals surface area contributed by atoms with Crippen LogP contribution >= 0.6 is 0 Å². The molecule has 0 unspecified atom stereocenters. The molecule has 170 valence electrons. The SMILES string of the molecule is CC(C)(O)Cn1ccc(NC(=O)[C@H](CC2CCCC2)N2CC(OC3CCC3)=CC2=O)n1. The predicted octanol–water partition coefficient (Wildman–Crippen LogP) is 2.84. The van der Waals surface area contributed by atoms with Gasteiger partial charge < -0.3 is 20.1 Å². The number of nitrogens with zero attached hydrogens (tertiary/aromatic N) is 3. The minimum atomic E-state index is -0.900. The number of amides is 2. The second kappa shape index (κ2) is 9.02. The Labute approximate surface area is 183 Å². The second-order valence-corrected chi connectivity index (χ2v) is 9.85. The van der Waals surface area contributed by atoms with Gasteiger partial charge in [0, 0.05) is 18.3 Å². The van der Waals surface area contributed by atoms with Crippen LogP contribution < -0.4 is 5.32 Å². The number of rotatable bonds is 9. The largest absolute Gasteiger partial charge is 0.493 e. The minimum absolute atomic E-state index is 0.153. The Morgan fingerprint density at radius 2 is 2.03 bits per heavy atom. The predicted molar refractivity (Wildman–Crippen MR) is 116 cm³/mol. The van der Waals surface area contributed by atoms with Crippen LogP contribution in [0.3, 0.4) is 0 Å². The number of aromatic nitrogens is 2. The van der Waals surface area contributed by atoms with Crippen molar-refractivity contribution in [3.8, 4) is 0 Å². The molecule has 1 aromatic heterocycles. The number of hydrogen-bond acceptors (Lipinski definition) is 5. The molecule has 2 heterocycles. The molecule has 2 amide bonds. The zero-order chi connectivity index (χ0) is 22.0. The monoisotopic (exact) mass is 430 g/mol. The molecule has 1 aromatic rings. The molecule has 31 heavy (non-hydrogen) atoms. The number of hydrogen-bond donors (Lipinski definition) is 2. The maximum absolute atomic E-state index is 13.3. The molecule has 2 N–H and O–H groups in total. The van der Waals surface area contributed by atoms with Crippen molar-refractivity contribution in [2.45, 2.75) is 89.5 Å². The van der Waals surface area contributed by atoms with Gasteiger partial charge >= 0.3 is 0 Å². The molecular formula is C23H34N4O4. The van der Waals surface area contributed by atoms with E-state index in [-0.39, 0.29) is 17.9 Å². The van der Waals surface area contributed by atoms with Crippen molar-refractivity contribution >= 4 is 17.6 Å². The average molecular weight is 431 g/mol. The standard InChI is InChI=1S/C23H34N4O4/c1-23(2,30)15-26-11-10-20(25-26)24-22(29)19(12-16-6-3-4-7-16)27-14-18(13-21(27)28)31-17-8-5-9-17/h10-11,13,16-17,19,30H,3-9,12,14-15H2,1-2H3,(H,24,25,29)/t19-/m0/s1. The quantitative estimate of drug-likeness (QED) is 0.628. The van der Waals surface area contributed by atoms with Crippen LogP contribution in [-0.2, 0) is 20.9 Å². The van der Waals surface area contributed by atoms with E-state index in [1.165, 1.54) is 19.3 Å². The van der Waals surface area contributed by atoms with Gasteiger partial charge in [-0.15, -0.1) is 0 Å². The molecule has 0 aromatic carbocycles. The molecule has 2 fully saturated rings. The first-order chi connectivity index (χ1) is 14.8. The van der Waals surface area contributed by atoms with Crippen LogP contribution in [0.4, 0.5) is 5.82 Å². The van der Waals surface area contributed by atoms with Crippen molar-refractivity contribution in [1.29, 1.82) is 0 Å². The van der Waals surface area contributed by atoms with Gasteiger partial charge in [0.15, 0.2) is 5.82 Å². The number of carbonyl (C=O) groups is 2. The number of nitrogens with one attached hydrogen (secondary N) is 1. The van der Waals surface area contributed by atoms with Gasteiger partial charge in [-0.1, -0.05) is 25.7 Å². The summed E-state index contributed by atoms with van der Waals surface area (Å²) in [6.45, 7) is 4.09. The summed E-state index contributed by atoms with van der Waals surface area (Å²) >= 11 is 0. The molecule has 4 rings (SSSR count). The maximum Gasteiger partial charge on any atom is 0.251 e. The fraction of sp³-hybridized carbons (Fsp3) is 0.696. The lowest BCUT2D eigenvalue weighted by Gasteiger charge is -2.30. The molecule has 0 radical (unpaired) electrons. The fourth-order valence-corrected chi connectivity index (χ4v) is 4.61. The summed E-state index contributed by atoms with van der Waals surface area (Å²) in [5.74, 6) is 1.18. The Kier molecular flexibility index (Phi) is 6.36. The number of carbonyl (C=O) groups excluding carboxylic acids is 2. The van der Waals surface area contributed by atoms with Crippen LogP contribution in [0.15, 0.2) is 24.1 Å². The van der Waals surface area contributed by atoms with Gasteiger partial charge in [0.1, 0.15) is 11.8 Å². The summed E-state index contributed by atoms with van der Waals surface area (Å²) in [5, 5.41) is 17.2. The van der Waals surface area contributed by atoms with E-state index in [1.54, 1.807) is 41.8 Å². The summed E-state index contributed by atoms with van der Waals surface area (Å²) in [7, 11) is 0. The molecule has 3 aliphatic rings. The smallest absolute Gasteiger partial charge is 0.251 e. The van der Waals surface area contributed by atoms with Crippen LogP contribution in [-0.4, -0.2) is 55.9 Å². The number of aliphatic hydroxyl groups is 1. The summed E-state index contributed by atoms with van der Waals surface area (Å²) in [4.78, 5) is 27.7. The fourth-order valence-electron chi connectivity index (χ4n) is 4.61. The summed E-state index contributed by atoms with van der Waals surface area (Å²) < 4.78 is 7.55. The Hall–Kier alpha value is -2.35. The minimum Gasteiger partial charge on any atom is -0.493 e. The van der Waals surface area contributed by atoms with Crippen molar-refractivity contribution in [1.82, 2.24) is 14.7 Å². The summed E-state index contributed by atoms with van der Waals surface area (Å²) in [6.07, 6.45) is 11.9. The van der Waals surface area contributed by atoms with E-state index in [9.17, 15) is 14.7 Å². The van der Waals surface area contributed by atoms with E-state index in [0.29, 0.717) is 37.0 Å². The maximum atomic E-state index is 13.3. The van der Waals surface area contributed by atoms with E-state index in [4.69, 9.17) is 4.74 Å². The highest BCUT2D eigenvalue weighted by Crippen LogP contribution is 2.32. The lowest BCUT2D eigenvalue weighted by atomic mass is 9.96. The third kappa shape index (κ3) is 5.67. The average Bonchev–Trinajstić information content (AvgIpc) is 3.37. The van der Waals surface area contributed by atoms with Crippen LogP contribution in [0.5, 0.6) is 0 Å². The topological polar surface area (TPSA) is 96.7 Å². The molecule has 2 saturated carbocycles. The summed E-state index contributed by atoms with van der Waals surface area (Å²) in [6, 6.07) is 1.17. The van der Waals surface area contributed by atoms with Gasteiger partial charge in [-0.2, -0.15) is 5.10 Å². The lowest BCUT2D eigenvalue weighted by molar-refractivity contribution is -0.134. The zero-order valence-corrected chi connectivity index (χ0v) is 18.5. The van der Waals surface area contributed by atoms with Crippen LogP contribution in [0.1, 0.15) is 65.2 Å². The van der Waals surface area contributed by atoms with E-state index < -0.39 is 11.6 Å². The highest BCUT2D eigenvalue weighted by atomic mass is 16.5. The Bertz CT molecular complexity index is 831. The van der Waals surface area contributed by atoms with E-state index in [2.05, 4.69) is 10.4 Å². The molecule has 0 bridgehead atoms. The van der Waals surface area contributed by atoms with Crippen molar-refractivity contribution in [2.24, 2.45) is 5.92 Å². The van der Waals surface area contributed by atoms with Gasteiger partial charge in [0.25, 0.3) is 5.91 Å². The highest BCUT2D eigenvalue weighted by Gasteiger charge is 2.37. The van der Waals surface area contributed by atoms with Gasteiger partial charge in [-0.3, -0.25) is 14.3 Å². The van der Waals surface area contributed by atoms with Gasteiger partial charge in [0.05, 0.1) is 24.8 Å². The Morgan fingerprint density at radius 3 is 2.68 bits per heavy atom. The molecular weight excluding hydrogens is 396 g/mol. The van der Waals surface area contributed by atoms with Gasteiger partial charge in [-0.05, 0) is 45.4 Å². The molecule has 0 spiro atoms. The molecule has 2 aliphatic carbocycles. The van der Waals surface area contributed by atoms with E-state index in [0.717, 1.165) is 25.7 Å². The zero-order valence-electron chi connectivity index (χ0n) is 18.5. The molecule has 8 nitrogen and oxygen atoms in total. The second-order valence-electron chi connectivity index (χ2n) is 9.85. The van der Waals surface area contributed by atoms with Crippen LogP contribution in [0.25, 0.3) is 0 Å². The first-order valence-electron chi connectivity index (χ1n) is 11.5. The van der Waals surface area contributed by atoms with Crippen molar-refractivity contribution in [3.63, 3.8) is 0 Å². The molecule has 8 heteroatoms. The Balaban J connectivity index is 1.43. The van der Waals surface area contributed by atoms with Crippen LogP contribution in [0.2, 0.25) is 0 Å². The third-order valence-corrected chi connectivity index (χ3v) is 6.42. The van der Waals surface area contributed by atoms with Crippen molar-refractivity contribution < 1.29 is 19.4 Å². The Morgan fingerprint density at radius 1 is 1.29 bits per heavy atom. The van der Waals surface area contributed by atoms with Crippen molar-refractivity contribution in [2.75, 3.05) is 11.9 Å². The van der Waals surface area contributed by atoms with Gasteiger partial charge in [-0.25, -0.2) is 0 Å². The first kappa shape index (κ1) is 21.9. The molecule has 1 atom stereocenters. The lowest BCUT2D eigenvalue weighted by Crippen LogP contribution is -2.46. The van der Waals surface area contributed by atoms with Crippen LogP contribution in [0, 0.1) is 5.92 Å². The summed E-state index contributed by atoms with van der Waals surface area (Å²) in [5.41, 5.74) is -0.900. The molecule has 0 saturated heterocycles.